The average Bonchev–Trinajstić information content (AvgIpc) is 2.88. The van der Waals surface area contributed by atoms with Crippen molar-refractivity contribution in [2.24, 2.45) is 11.7 Å². The van der Waals surface area contributed by atoms with E-state index >= 15 is 0 Å². The molecule has 1 aliphatic rings. The van der Waals surface area contributed by atoms with Crippen LogP contribution < -0.4 is 5.73 Å². The van der Waals surface area contributed by atoms with Gasteiger partial charge in [-0.3, -0.25) is 0 Å². The maximum atomic E-state index is 5.67. The number of nitrogens with one attached hydrogen (secondary N) is 1. The Balaban J connectivity index is 1.67. The lowest BCUT2D eigenvalue weighted by Crippen LogP contribution is -2.07. The van der Waals surface area contributed by atoms with Crippen molar-refractivity contribution >= 4 is 11.0 Å². The average molecular weight is 257 g/mol. The zero-order valence-corrected chi connectivity index (χ0v) is 11.5. The molecule has 1 aromatic carbocycles. The SMILES string of the molecule is NCc1ccc2nc(CCC3CCCCC3)[nH]c2c1. The third-order valence-electron chi connectivity index (χ3n) is 4.35. The van der Waals surface area contributed by atoms with E-state index < -0.39 is 0 Å². The van der Waals surface area contributed by atoms with Gasteiger partial charge in [-0.1, -0.05) is 38.2 Å². The van der Waals surface area contributed by atoms with Gasteiger partial charge in [-0.15, -0.1) is 0 Å². The van der Waals surface area contributed by atoms with Crippen LogP contribution >= 0.6 is 0 Å². The first kappa shape index (κ1) is 12.7. The smallest absolute Gasteiger partial charge is 0.107 e. The van der Waals surface area contributed by atoms with Crippen molar-refractivity contribution in [1.82, 2.24) is 9.97 Å². The van der Waals surface area contributed by atoms with Crippen molar-refractivity contribution in [2.75, 3.05) is 0 Å². The van der Waals surface area contributed by atoms with Gasteiger partial charge in [0.1, 0.15) is 5.82 Å². The summed E-state index contributed by atoms with van der Waals surface area (Å²) in [5, 5.41) is 0. The molecule has 1 saturated carbocycles. The third-order valence-corrected chi connectivity index (χ3v) is 4.35. The van der Waals surface area contributed by atoms with Gasteiger partial charge < -0.3 is 10.7 Å². The highest BCUT2D eigenvalue weighted by molar-refractivity contribution is 5.75. The van der Waals surface area contributed by atoms with Gasteiger partial charge in [-0.2, -0.15) is 0 Å². The lowest BCUT2D eigenvalue weighted by molar-refractivity contribution is 0.337. The van der Waals surface area contributed by atoms with Gasteiger partial charge in [0.2, 0.25) is 0 Å². The van der Waals surface area contributed by atoms with Gasteiger partial charge in [-0.25, -0.2) is 4.98 Å². The zero-order chi connectivity index (χ0) is 13.1. The molecule has 0 unspecified atom stereocenters. The fourth-order valence-corrected chi connectivity index (χ4v) is 3.17. The lowest BCUT2D eigenvalue weighted by atomic mass is 9.86. The number of imidazole rings is 1. The number of aryl methyl sites for hydroxylation is 1. The van der Waals surface area contributed by atoms with E-state index in [-0.39, 0.29) is 0 Å². The molecule has 0 aliphatic heterocycles. The maximum absolute atomic E-state index is 5.67. The fraction of sp³-hybridized carbons (Fsp3) is 0.562. The number of fused-ring (bicyclic) bond motifs is 1. The fourth-order valence-electron chi connectivity index (χ4n) is 3.17. The van der Waals surface area contributed by atoms with Crippen LogP contribution in [0, 0.1) is 5.92 Å². The van der Waals surface area contributed by atoms with E-state index in [0.29, 0.717) is 6.54 Å². The first-order valence-electron chi connectivity index (χ1n) is 7.53. The summed E-state index contributed by atoms with van der Waals surface area (Å²) in [7, 11) is 0. The molecule has 0 spiro atoms. The van der Waals surface area contributed by atoms with Crippen LogP contribution in [0.1, 0.15) is 49.9 Å². The van der Waals surface area contributed by atoms with Crippen LogP contribution in [-0.4, -0.2) is 9.97 Å². The van der Waals surface area contributed by atoms with Crippen LogP contribution in [-0.2, 0) is 13.0 Å². The molecule has 3 rings (SSSR count). The van der Waals surface area contributed by atoms with Crippen LogP contribution in [0.5, 0.6) is 0 Å². The van der Waals surface area contributed by atoms with E-state index in [9.17, 15) is 0 Å². The molecule has 3 N–H and O–H groups in total. The standard InChI is InChI=1S/C16H23N3/c17-11-13-6-8-14-15(10-13)19-16(18-14)9-7-12-4-2-1-3-5-12/h6,8,10,12H,1-5,7,9,11,17H2,(H,18,19). The van der Waals surface area contributed by atoms with Crippen molar-refractivity contribution in [3.05, 3.63) is 29.6 Å². The first-order valence-corrected chi connectivity index (χ1v) is 7.53. The van der Waals surface area contributed by atoms with E-state index in [0.717, 1.165) is 34.8 Å². The minimum atomic E-state index is 0.590. The van der Waals surface area contributed by atoms with E-state index in [4.69, 9.17) is 5.73 Å². The Hall–Kier alpha value is -1.35. The van der Waals surface area contributed by atoms with Gasteiger partial charge in [0, 0.05) is 13.0 Å². The molecule has 1 fully saturated rings. The summed E-state index contributed by atoms with van der Waals surface area (Å²) in [5.41, 5.74) is 9.02. The summed E-state index contributed by atoms with van der Waals surface area (Å²) in [4.78, 5) is 8.12. The number of aromatic amines is 1. The molecule has 3 heteroatoms. The van der Waals surface area contributed by atoms with Gasteiger partial charge in [0.15, 0.2) is 0 Å². The third kappa shape index (κ3) is 2.98. The van der Waals surface area contributed by atoms with E-state index in [1.165, 1.54) is 38.5 Å². The monoisotopic (exact) mass is 257 g/mol. The molecule has 3 nitrogen and oxygen atoms in total. The Labute approximate surface area is 114 Å². The predicted octanol–water partition coefficient (Wildman–Crippen LogP) is 3.53. The molecular weight excluding hydrogens is 234 g/mol. The molecule has 0 atom stereocenters. The Kier molecular flexibility index (Phi) is 3.83. The van der Waals surface area contributed by atoms with Crippen LogP contribution in [0.3, 0.4) is 0 Å². The zero-order valence-electron chi connectivity index (χ0n) is 11.5. The second kappa shape index (κ2) is 5.74. The first-order chi connectivity index (χ1) is 9.35. The number of hydrogen-bond donors (Lipinski definition) is 2. The molecule has 19 heavy (non-hydrogen) atoms. The van der Waals surface area contributed by atoms with Crippen molar-refractivity contribution in [3.63, 3.8) is 0 Å². The van der Waals surface area contributed by atoms with E-state index in [1.54, 1.807) is 0 Å². The highest BCUT2D eigenvalue weighted by Gasteiger charge is 2.14. The Morgan fingerprint density at radius 3 is 2.84 bits per heavy atom. The Morgan fingerprint density at radius 2 is 2.05 bits per heavy atom. The lowest BCUT2D eigenvalue weighted by Gasteiger charge is -2.20. The van der Waals surface area contributed by atoms with Gasteiger partial charge >= 0.3 is 0 Å². The van der Waals surface area contributed by atoms with E-state index in [2.05, 4.69) is 28.2 Å². The topological polar surface area (TPSA) is 54.7 Å². The largest absolute Gasteiger partial charge is 0.342 e. The van der Waals surface area contributed by atoms with Gasteiger partial charge in [0.05, 0.1) is 11.0 Å². The highest BCUT2D eigenvalue weighted by atomic mass is 14.9. The number of rotatable bonds is 4. The van der Waals surface area contributed by atoms with Crippen molar-refractivity contribution < 1.29 is 0 Å². The minimum absolute atomic E-state index is 0.590. The molecule has 102 valence electrons. The summed E-state index contributed by atoms with van der Waals surface area (Å²) in [6.45, 7) is 0.590. The second-order valence-electron chi connectivity index (χ2n) is 5.78. The molecule has 1 heterocycles. The number of nitrogens with two attached hydrogens (primary N) is 1. The van der Waals surface area contributed by atoms with Crippen LogP contribution in [0.15, 0.2) is 18.2 Å². The van der Waals surface area contributed by atoms with Crippen LogP contribution in [0.25, 0.3) is 11.0 Å². The molecule has 0 amide bonds. The molecule has 0 radical (unpaired) electrons. The highest BCUT2D eigenvalue weighted by Crippen LogP contribution is 2.27. The van der Waals surface area contributed by atoms with Crippen molar-refractivity contribution in [3.8, 4) is 0 Å². The summed E-state index contributed by atoms with van der Waals surface area (Å²) >= 11 is 0. The molecule has 0 bridgehead atoms. The predicted molar refractivity (Wildman–Crippen MR) is 78.9 cm³/mol. The van der Waals surface area contributed by atoms with E-state index in [1.807, 2.05) is 0 Å². The number of hydrogen-bond acceptors (Lipinski definition) is 2. The molecular formula is C16H23N3. The summed E-state index contributed by atoms with van der Waals surface area (Å²) in [6.07, 6.45) is 9.47. The quantitative estimate of drug-likeness (QED) is 0.880. The Bertz CT molecular complexity index is 538. The van der Waals surface area contributed by atoms with Crippen LogP contribution in [0.2, 0.25) is 0 Å². The van der Waals surface area contributed by atoms with Crippen molar-refractivity contribution in [2.45, 2.75) is 51.5 Å². The molecule has 0 saturated heterocycles. The Morgan fingerprint density at radius 1 is 1.21 bits per heavy atom. The summed E-state index contributed by atoms with van der Waals surface area (Å²) in [5.74, 6) is 2.05. The molecule has 2 aromatic rings. The van der Waals surface area contributed by atoms with Gasteiger partial charge in [-0.05, 0) is 30.0 Å². The summed E-state index contributed by atoms with van der Waals surface area (Å²) < 4.78 is 0. The van der Waals surface area contributed by atoms with Crippen LogP contribution in [0.4, 0.5) is 0 Å². The molecule has 1 aromatic heterocycles. The van der Waals surface area contributed by atoms with Gasteiger partial charge in [0.25, 0.3) is 0 Å². The minimum Gasteiger partial charge on any atom is -0.342 e. The number of nitrogens with zero attached hydrogens (tertiary/aromatic N) is 1. The number of aromatic nitrogens is 2. The number of H-pyrrole nitrogens is 1. The summed E-state index contributed by atoms with van der Waals surface area (Å²) in [6, 6.07) is 6.25. The number of benzene rings is 1. The normalized spacial score (nSPS) is 17.1. The van der Waals surface area contributed by atoms with Crippen molar-refractivity contribution in [1.29, 1.82) is 0 Å². The second-order valence-corrected chi connectivity index (χ2v) is 5.78. The molecule has 1 aliphatic carbocycles. The maximum Gasteiger partial charge on any atom is 0.107 e.